The molecule has 2 heterocycles. The summed E-state index contributed by atoms with van der Waals surface area (Å²) in [6, 6.07) is 10.1. The first kappa shape index (κ1) is 17.7. The van der Waals surface area contributed by atoms with E-state index in [4.69, 9.17) is 9.15 Å². The number of benzene rings is 1. The molecule has 1 aromatic carbocycles. The zero-order valence-corrected chi connectivity index (χ0v) is 14.4. The molecule has 26 heavy (non-hydrogen) atoms. The molecular weight excluding hydrogens is 336 g/mol. The Balaban J connectivity index is 1.58. The molecule has 7 nitrogen and oxygen atoms in total. The van der Waals surface area contributed by atoms with E-state index in [1.807, 2.05) is 0 Å². The van der Waals surface area contributed by atoms with E-state index in [0.29, 0.717) is 30.0 Å². The highest BCUT2D eigenvalue weighted by atomic mass is 16.5. The molecule has 1 atom stereocenters. The van der Waals surface area contributed by atoms with Crippen molar-refractivity contribution in [3.63, 3.8) is 0 Å². The van der Waals surface area contributed by atoms with Gasteiger partial charge in [-0.25, -0.2) is 4.79 Å². The third-order valence-corrected chi connectivity index (χ3v) is 4.14. The lowest BCUT2D eigenvalue weighted by molar-refractivity contribution is -0.129. The van der Waals surface area contributed by atoms with Crippen LogP contribution in [-0.2, 0) is 20.9 Å². The zero-order chi connectivity index (χ0) is 18.5. The summed E-state index contributed by atoms with van der Waals surface area (Å²) in [5, 5.41) is 2.64. The smallest absolute Gasteiger partial charge is 0.338 e. The minimum atomic E-state index is -0.950. The molecule has 2 aromatic rings. The van der Waals surface area contributed by atoms with Gasteiger partial charge in [-0.15, -0.1) is 0 Å². The van der Waals surface area contributed by atoms with Crippen molar-refractivity contribution in [2.45, 2.75) is 32.4 Å². The quantitative estimate of drug-likeness (QED) is 0.802. The number of hydrogen-bond donors (Lipinski definition) is 1. The van der Waals surface area contributed by atoms with Gasteiger partial charge in [0.25, 0.3) is 5.91 Å². The van der Waals surface area contributed by atoms with Crippen LogP contribution in [0.1, 0.15) is 35.9 Å². The molecule has 1 N–H and O–H groups in total. The van der Waals surface area contributed by atoms with Gasteiger partial charge in [-0.2, -0.15) is 0 Å². The summed E-state index contributed by atoms with van der Waals surface area (Å²) >= 11 is 0. The largest absolute Gasteiger partial charge is 0.467 e. The van der Waals surface area contributed by atoms with Crippen molar-refractivity contribution in [2.75, 3.05) is 11.4 Å². The number of nitrogens with zero attached hydrogens (tertiary/aromatic N) is 1. The molecule has 1 fully saturated rings. The number of ether oxygens (including phenoxy) is 1. The van der Waals surface area contributed by atoms with Crippen molar-refractivity contribution in [1.29, 1.82) is 0 Å². The lowest BCUT2D eigenvalue weighted by Gasteiger charge is -2.17. The lowest BCUT2D eigenvalue weighted by atomic mass is 10.2. The lowest BCUT2D eigenvalue weighted by Crippen LogP contribution is -2.35. The highest BCUT2D eigenvalue weighted by Gasteiger charge is 2.23. The van der Waals surface area contributed by atoms with Gasteiger partial charge >= 0.3 is 5.97 Å². The summed E-state index contributed by atoms with van der Waals surface area (Å²) in [5.41, 5.74) is 0.963. The van der Waals surface area contributed by atoms with E-state index in [9.17, 15) is 14.4 Å². The average Bonchev–Trinajstić information content (AvgIpc) is 3.31. The average molecular weight is 356 g/mol. The van der Waals surface area contributed by atoms with Gasteiger partial charge in [0, 0.05) is 18.7 Å². The number of carbonyl (C=O) groups excluding carboxylic acids is 3. The Bertz CT molecular complexity index is 800. The van der Waals surface area contributed by atoms with E-state index in [1.165, 1.54) is 13.2 Å². The number of amides is 2. The van der Waals surface area contributed by atoms with Gasteiger partial charge in [-0.3, -0.25) is 9.59 Å². The summed E-state index contributed by atoms with van der Waals surface area (Å²) < 4.78 is 10.4. The summed E-state index contributed by atoms with van der Waals surface area (Å²) in [6.45, 7) is 2.37. The molecule has 1 aliphatic heterocycles. The Morgan fingerprint density at radius 2 is 2.15 bits per heavy atom. The van der Waals surface area contributed by atoms with Crippen molar-refractivity contribution < 1.29 is 23.5 Å². The van der Waals surface area contributed by atoms with E-state index in [-0.39, 0.29) is 12.5 Å². The van der Waals surface area contributed by atoms with Gasteiger partial charge in [0.1, 0.15) is 5.76 Å². The molecule has 0 unspecified atom stereocenters. The summed E-state index contributed by atoms with van der Waals surface area (Å²) in [6.07, 6.45) is 1.89. The fourth-order valence-corrected chi connectivity index (χ4v) is 2.74. The van der Waals surface area contributed by atoms with Crippen LogP contribution in [0.3, 0.4) is 0 Å². The highest BCUT2D eigenvalue weighted by Crippen LogP contribution is 2.22. The second-order valence-corrected chi connectivity index (χ2v) is 6.04. The van der Waals surface area contributed by atoms with E-state index < -0.39 is 18.0 Å². The SMILES string of the molecule is C[C@@H](OC(=O)c1cccc(N2CCCC2=O)c1)C(=O)NCc1ccco1. The van der Waals surface area contributed by atoms with Crippen LogP contribution in [0.15, 0.2) is 47.1 Å². The minimum Gasteiger partial charge on any atom is -0.467 e. The van der Waals surface area contributed by atoms with Gasteiger partial charge in [0.15, 0.2) is 6.10 Å². The Morgan fingerprint density at radius 1 is 1.31 bits per heavy atom. The van der Waals surface area contributed by atoms with Gasteiger partial charge in [-0.1, -0.05) is 6.07 Å². The molecule has 0 bridgehead atoms. The molecule has 3 rings (SSSR count). The number of anilines is 1. The topological polar surface area (TPSA) is 88.8 Å². The van der Waals surface area contributed by atoms with Crippen LogP contribution in [0.4, 0.5) is 5.69 Å². The van der Waals surface area contributed by atoms with Crippen LogP contribution >= 0.6 is 0 Å². The normalized spacial score (nSPS) is 15.0. The maximum atomic E-state index is 12.3. The maximum absolute atomic E-state index is 12.3. The number of carbonyl (C=O) groups is 3. The van der Waals surface area contributed by atoms with Crippen LogP contribution in [-0.4, -0.2) is 30.4 Å². The third-order valence-electron chi connectivity index (χ3n) is 4.14. The fraction of sp³-hybridized carbons (Fsp3) is 0.316. The molecule has 0 spiro atoms. The molecular formula is C19H20N2O5. The van der Waals surface area contributed by atoms with Crippen LogP contribution in [0.2, 0.25) is 0 Å². The van der Waals surface area contributed by atoms with Crippen LogP contribution in [0, 0.1) is 0 Å². The standard InChI is InChI=1S/C19H20N2O5/c1-13(18(23)20-12-16-7-4-10-25-16)26-19(24)14-5-2-6-15(11-14)21-9-3-8-17(21)22/h2,4-7,10-11,13H,3,8-9,12H2,1H3,(H,20,23)/t13-/m1/s1. The van der Waals surface area contributed by atoms with Crippen molar-refractivity contribution in [2.24, 2.45) is 0 Å². The number of hydrogen-bond acceptors (Lipinski definition) is 5. The van der Waals surface area contributed by atoms with Crippen molar-refractivity contribution in [1.82, 2.24) is 5.32 Å². The predicted molar refractivity (Wildman–Crippen MR) is 93.5 cm³/mol. The fourth-order valence-electron chi connectivity index (χ4n) is 2.74. The zero-order valence-electron chi connectivity index (χ0n) is 14.4. The van der Waals surface area contributed by atoms with Gasteiger partial charge in [0.2, 0.25) is 5.91 Å². The minimum absolute atomic E-state index is 0.0428. The Kier molecular flexibility index (Phi) is 5.36. The molecule has 0 saturated carbocycles. The summed E-state index contributed by atoms with van der Waals surface area (Å²) in [7, 11) is 0. The first-order chi connectivity index (χ1) is 12.5. The second kappa shape index (κ2) is 7.86. The van der Waals surface area contributed by atoms with Crippen molar-refractivity contribution in [3.05, 3.63) is 54.0 Å². The molecule has 1 saturated heterocycles. The number of furan rings is 1. The molecule has 136 valence electrons. The van der Waals surface area contributed by atoms with Crippen LogP contribution in [0.5, 0.6) is 0 Å². The van der Waals surface area contributed by atoms with Crippen LogP contribution < -0.4 is 10.2 Å². The van der Waals surface area contributed by atoms with E-state index >= 15 is 0 Å². The third kappa shape index (κ3) is 4.11. The van der Waals surface area contributed by atoms with E-state index in [1.54, 1.807) is 41.3 Å². The van der Waals surface area contributed by atoms with Gasteiger partial charge < -0.3 is 19.4 Å². The molecule has 1 aromatic heterocycles. The Morgan fingerprint density at radius 3 is 2.85 bits per heavy atom. The molecule has 1 aliphatic rings. The van der Waals surface area contributed by atoms with Gasteiger partial charge in [-0.05, 0) is 43.7 Å². The number of rotatable bonds is 6. The van der Waals surface area contributed by atoms with Gasteiger partial charge in [0.05, 0.1) is 18.4 Å². The first-order valence-electron chi connectivity index (χ1n) is 8.46. The van der Waals surface area contributed by atoms with Crippen molar-refractivity contribution in [3.8, 4) is 0 Å². The number of esters is 1. The van der Waals surface area contributed by atoms with E-state index in [0.717, 1.165) is 6.42 Å². The highest BCUT2D eigenvalue weighted by molar-refractivity contribution is 5.98. The van der Waals surface area contributed by atoms with E-state index in [2.05, 4.69) is 5.32 Å². The van der Waals surface area contributed by atoms with Crippen LogP contribution in [0.25, 0.3) is 0 Å². The number of nitrogens with one attached hydrogen (secondary N) is 1. The second-order valence-electron chi connectivity index (χ2n) is 6.04. The Labute approximate surface area is 150 Å². The summed E-state index contributed by atoms with van der Waals surface area (Å²) in [4.78, 5) is 37.8. The molecule has 2 amide bonds. The Hall–Kier alpha value is -3.09. The molecule has 0 radical (unpaired) electrons. The van der Waals surface area contributed by atoms with Crippen molar-refractivity contribution >= 4 is 23.5 Å². The first-order valence-corrected chi connectivity index (χ1v) is 8.46. The molecule has 0 aliphatic carbocycles. The molecule has 7 heteroatoms. The maximum Gasteiger partial charge on any atom is 0.338 e. The summed E-state index contributed by atoms with van der Waals surface area (Å²) in [5.74, 6) is -0.374. The monoisotopic (exact) mass is 356 g/mol. The predicted octanol–water partition coefficient (Wildman–Crippen LogP) is 2.27.